The quantitative estimate of drug-likeness (QED) is 0.685. The zero-order chi connectivity index (χ0) is 20.4. The Bertz CT molecular complexity index is 969. The average Bonchev–Trinajstić information content (AvgIpc) is 3.09. The highest BCUT2D eigenvalue weighted by molar-refractivity contribution is 5.73. The average molecular weight is 384 g/mol. The van der Waals surface area contributed by atoms with Crippen molar-refractivity contribution in [2.75, 3.05) is 40.3 Å². The number of ether oxygens (including phenoxy) is 3. The standard InChI is InChI=1S/C21H24N2O5/c1-12-19(13-7-8-15(23(2)3)16(9-13)25-4)22-21(28-12)14-10-17(26-5)20(24)18(11-14)27-6/h7-11,24H,1-6H3. The van der Waals surface area contributed by atoms with Gasteiger partial charge in [-0.2, -0.15) is 0 Å². The number of hydrogen-bond acceptors (Lipinski definition) is 7. The van der Waals surface area contributed by atoms with Gasteiger partial charge in [0.15, 0.2) is 11.5 Å². The number of benzene rings is 2. The van der Waals surface area contributed by atoms with Crippen molar-refractivity contribution < 1.29 is 23.7 Å². The molecule has 1 N–H and O–H groups in total. The third-order valence-electron chi connectivity index (χ3n) is 4.46. The molecule has 0 aliphatic rings. The molecule has 7 heteroatoms. The first kappa shape index (κ1) is 19.4. The van der Waals surface area contributed by atoms with Crippen LogP contribution < -0.4 is 19.1 Å². The SMILES string of the molecule is COc1cc(-c2nc(-c3cc(OC)c(O)c(OC)c3)oc2C)ccc1N(C)C. The molecule has 2 aromatic carbocycles. The van der Waals surface area contributed by atoms with Crippen LogP contribution in [-0.4, -0.2) is 45.5 Å². The Morgan fingerprint density at radius 2 is 1.46 bits per heavy atom. The number of aryl methyl sites for hydroxylation is 1. The summed E-state index contributed by atoms with van der Waals surface area (Å²) in [4.78, 5) is 6.64. The van der Waals surface area contributed by atoms with E-state index in [1.54, 1.807) is 19.2 Å². The van der Waals surface area contributed by atoms with E-state index in [1.165, 1.54) is 14.2 Å². The highest BCUT2D eigenvalue weighted by atomic mass is 16.5. The Morgan fingerprint density at radius 3 is 2.00 bits per heavy atom. The molecule has 1 aromatic heterocycles. The third kappa shape index (κ3) is 3.43. The second-order valence-electron chi connectivity index (χ2n) is 6.43. The highest BCUT2D eigenvalue weighted by Crippen LogP contribution is 2.41. The minimum atomic E-state index is -0.0683. The van der Waals surface area contributed by atoms with E-state index in [-0.39, 0.29) is 17.2 Å². The second-order valence-corrected chi connectivity index (χ2v) is 6.43. The van der Waals surface area contributed by atoms with Gasteiger partial charge < -0.3 is 28.6 Å². The predicted octanol–water partition coefficient (Wildman–Crippen LogP) is 4.11. The van der Waals surface area contributed by atoms with Crippen LogP contribution >= 0.6 is 0 Å². The fourth-order valence-corrected chi connectivity index (χ4v) is 3.00. The van der Waals surface area contributed by atoms with Crippen LogP contribution in [0.1, 0.15) is 5.76 Å². The van der Waals surface area contributed by atoms with Crippen LogP contribution in [0.3, 0.4) is 0 Å². The number of aromatic nitrogens is 1. The molecule has 1 heterocycles. The summed E-state index contributed by atoms with van der Waals surface area (Å²) in [6, 6.07) is 9.20. The molecule has 0 atom stereocenters. The van der Waals surface area contributed by atoms with Gasteiger partial charge in [0.1, 0.15) is 17.2 Å². The number of aromatic hydroxyl groups is 1. The number of anilines is 1. The number of oxazole rings is 1. The van der Waals surface area contributed by atoms with E-state index >= 15 is 0 Å². The van der Waals surface area contributed by atoms with Crippen molar-refractivity contribution >= 4 is 5.69 Å². The first-order valence-electron chi connectivity index (χ1n) is 8.68. The molecule has 3 aromatic rings. The van der Waals surface area contributed by atoms with Gasteiger partial charge in [0.25, 0.3) is 0 Å². The molecular formula is C21H24N2O5. The van der Waals surface area contributed by atoms with Crippen LogP contribution in [0.15, 0.2) is 34.7 Å². The summed E-state index contributed by atoms with van der Waals surface area (Å²) in [6.45, 7) is 1.85. The molecule has 0 aliphatic heterocycles. The van der Waals surface area contributed by atoms with E-state index in [2.05, 4.69) is 4.98 Å². The van der Waals surface area contributed by atoms with Gasteiger partial charge in [-0.15, -0.1) is 0 Å². The lowest BCUT2D eigenvalue weighted by Crippen LogP contribution is -2.10. The van der Waals surface area contributed by atoms with Crippen molar-refractivity contribution in [1.82, 2.24) is 4.98 Å². The summed E-state index contributed by atoms with van der Waals surface area (Å²) >= 11 is 0. The van der Waals surface area contributed by atoms with E-state index in [0.29, 0.717) is 22.9 Å². The maximum absolute atomic E-state index is 10.1. The molecule has 0 saturated carbocycles. The number of methoxy groups -OCH3 is 3. The summed E-state index contributed by atoms with van der Waals surface area (Å²) in [7, 11) is 8.51. The minimum Gasteiger partial charge on any atom is -0.502 e. The highest BCUT2D eigenvalue weighted by Gasteiger charge is 2.19. The third-order valence-corrected chi connectivity index (χ3v) is 4.46. The smallest absolute Gasteiger partial charge is 0.227 e. The molecule has 148 valence electrons. The Labute approximate surface area is 164 Å². The maximum Gasteiger partial charge on any atom is 0.227 e. The zero-order valence-electron chi connectivity index (χ0n) is 16.9. The molecule has 0 saturated heterocycles. The molecule has 0 aliphatic carbocycles. The van der Waals surface area contributed by atoms with E-state index in [9.17, 15) is 5.11 Å². The molecule has 0 radical (unpaired) electrons. The van der Waals surface area contributed by atoms with Crippen molar-refractivity contribution in [2.24, 2.45) is 0 Å². The largest absolute Gasteiger partial charge is 0.502 e. The molecule has 7 nitrogen and oxygen atoms in total. The Kier molecular flexibility index (Phi) is 5.35. The van der Waals surface area contributed by atoms with Gasteiger partial charge in [-0.25, -0.2) is 4.98 Å². The summed E-state index contributed by atoms with van der Waals surface area (Å²) in [5.41, 5.74) is 3.20. The molecule has 0 bridgehead atoms. The van der Waals surface area contributed by atoms with Gasteiger partial charge in [-0.3, -0.25) is 0 Å². The maximum atomic E-state index is 10.1. The fraction of sp³-hybridized carbons (Fsp3) is 0.286. The van der Waals surface area contributed by atoms with Gasteiger partial charge in [-0.05, 0) is 31.2 Å². The number of phenolic OH excluding ortho intramolecular Hbond substituents is 1. The number of hydrogen-bond donors (Lipinski definition) is 1. The van der Waals surface area contributed by atoms with E-state index in [1.807, 2.05) is 44.1 Å². The molecule has 0 spiro atoms. The van der Waals surface area contributed by atoms with Crippen LogP contribution in [0.4, 0.5) is 5.69 Å². The number of nitrogens with zero attached hydrogens (tertiary/aromatic N) is 2. The minimum absolute atomic E-state index is 0.0683. The van der Waals surface area contributed by atoms with E-state index < -0.39 is 0 Å². The summed E-state index contributed by atoms with van der Waals surface area (Å²) in [6.07, 6.45) is 0. The van der Waals surface area contributed by atoms with Crippen molar-refractivity contribution in [3.8, 4) is 45.7 Å². The van der Waals surface area contributed by atoms with Gasteiger partial charge in [-0.1, -0.05) is 6.07 Å². The Hall–Kier alpha value is -3.35. The summed E-state index contributed by atoms with van der Waals surface area (Å²) in [5.74, 6) is 2.31. The van der Waals surface area contributed by atoms with Gasteiger partial charge >= 0.3 is 0 Å². The van der Waals surface area contributed by atoms with Gasteiger partial charge in [0.05, 0.1) is 27.0 Å². The predicted molar refractivity (Wildman–Crippen MR) is 108 cm³/mol. The molecular weight excluding hydrogens is 360 g/mol. The molecule has 3 rings (SSSR count). The second kappa shape index (κ2) is 7.72. The summed E-state index contributed by atoms with van der Waals surface area (Å²) in [5, 5.41) is 10.1. The normalized spacial score (nSPS) is 10.6. The van der Waals surface area contributed by atoms with Crippen LogP contribution in [0.2, 0.25) is 0 Å². The van der Waals surface area contributed by atoms with E-state index in [0.717, 1.165) is 17.0 Å². The molecule has 28 heavy (non-hydrogen) atoms. The molecule has 0 unspecified atom stereocenters. The topological polar surface area (TPSA) is 77.2 Å². The van der Waals surface area contributed by atoms with Crippen LogP contribution in [0.25, 0.3) is 22.7 Å². The summed E-state index contributed by atoms with van der Waals surface area (Å²) < 4.78 is 21.8. The monoisotopic (exact) mass is 384 g/mol. The Morgan fingerprint density at radius 1 is 0.893 bits per heavy atom. The van der Waals surface area contributed by atoms with Crippen LogP contribution in [-0.2, 0) is 0 Å². The molecule has 0 fully saturated rings. The van der Waals surface area contributed by atoms with E-state index in [4.69, 9.17) is 18.6 Å². The number of rotatable bonds is 6. The zero-order valence-corrected chi connectivity index (χ0v) is 16.9. The first-order valence-corrected chi connectivity index (χ1v) is 8.68. The van der Waals surface area contributed by atoms with Gasteiger partial charge in [0, 0.05) is 25.2 Å². The van der Waals surface area contributed by atoms with Crippen LogP contribution in [0.5, 0.6) is 23.0 Å². The number of phenols is 1. The van der Waals surface area contributed by atoms with Crippen molar-refractivity contribution in [2.45, 2.75) is 6.92 Å². The van der Waals surface area contributed by atoms with Crippen molar-refractivity contribution in [1.29, 1.82) is 0 Å². The van der Waals surface area contributed by atoms with Crippen LogP contribution in [0, 0.1) is 6.92 Å². The van der Waals surface area contributed by atoms with Gasteiger partial charge in [0.2, 0.25) is 11.6 Å². The molecule has 0 amide bonds. The van der Waals surface area contributed by atoms with Crippen molar-refractivity contribution in [3.05, 3.63) is 36.1 Å². The lowest BCUT2D eigenvalue weighted by Gasteiger charge is -2.17. The lowest BCUT2D eigenvalue weighted by atomic mass is 10.1. The Balaban J connectivity index is 2.08. The fourth-order valence-electron chi connectivity index (χ4n) is 3.00. The lowest BCUT2D eigenvalue weighted by molar-refractivity contribution is 0.340. The van der Waals surface area contributed by atoms with Crippen molar-refractivity contribution in [3.63, 3.8) is 0 Å². The first-order chi connectivity index (χ1) is 13.4.